The number of hydrogen-bond donors (Lipinski definition) is 2. The van der Waals surface area contributed by atoms with Crippen LogP contribution in [0.4, 0.5) is 5.82 Å². The first-order valence-corrected chi connectivity index (χ1v) is 11.5. The van der Waals surface area contributed by atoms with E-state index >= 15 is 0 Å². The number of aromatic nitrogens is 1. The zero-order valence-corrected chi connectivity index (χ0v) is 19.3. The largest absolute Gasteiger partial charge is 0.497 e. The van der Waals surface area contributed by atoms with Crippen molar-refractivity contribution in [3.05, 3.63) is 86.7 Å². The minimum atomic E-state index is 0.104. The van der Waals surface area contributed by atoms with Crippen molar-refractivity contribution >= 4 is 45.3 Å². The predicted octanol–water partition coefficient (Wildman–Crippen LogP) is 5.65. The van der Waals surface area contributed by atoms with E-state index in [2.05, 4.69) is 16.4 Å². The van der Waals surface area contributed by atoms with Gasteiger partial charge in [-0.25, -0.2) is 4.98 Å². The van der Waals surface area contributed by atoms with Crippen molar-refractivity contribution in [1.82, 2.24) is 10.3 Å². The number of methoxy groups -OCH3 is 1. The van der Waals surface area contributed by atoms with E-state index in [9.17, 15) is 4.79 Å². The van der Waals surface area contributed by atoms with Crippen LogP contribution < -0.4 is 15.8 Å². The maximum Gasteiger partial charge on any atom is 0.173 e. The molecule has 0 radical (unpaired) electrons. The highest BCUT2D eigenvalue weighted by Gasteiger charge is 2.14. The fourth-order valence-corrected chi connectivity index (χ4v) is 4.86. The van der Waals surface area contributed by atoms with E-state index in [-0.39, 0.29) is 5.78 Å². The first-order valence-electron chi connectivity index (χ1n) is 10.3. The van der Waals surface area contributed by atoms with Crippen LogP contribution in [0.15, 0.2) is 60.8 Å². The fraction of sp³-hybridized carbons (Fsp3) is 0.200. The smallest absolute Gasteiger partial charge is 0.173 e. The molecule has 0 unspecified atom stereocenters. The third-order valence-electron chi connectivity index (χ3n) is 5.31. The second-order valence-electron chi connectivity index (χ2n) is 7.51. The number of thiophene rings is 1. The summed E-state index contributed by atoms with van der Waals surface area (Å²) in [5.74, 6) is 1.46. The van der Waals surface area contributed by atoms with E-state index in [1.165, 1.54) is 11.3 Å². The van der Waals surface area contributed by atoms with Crippen LogP contribution in [0.2, 0.25) is 5.02 Å². The second-order valence-corrected chi connectivity index (χ2v) is 9.05. The highest BCUT2D eigenvalue weighted by Crippen LogP contribution is 2.29. The number of pyridine rings is 1. The van der Waals surface area contributed by atoms with Crippen molar-refractivity contribution in [2.45, 2.75) is 25.9 Å². The molecule has 2 aromatic carbocycles. The van der Waals surface area contributed by atoms with Crippen LogP contribution in [-0.4, -0.2) is 17.9 Å². The molecule has 2 heterocycles. The van der Waals surface area contributed by atoms with Crippen molar-refractivity contribution in [1.29, 1.82) is 0 Å². The summed E-state index contributed by atoms with van der Waals surface area (Å²) >= 11 is 7.85. The summed E-state index contributed by atoms with van der Waals surface area (Å²) in [5, 5.41) is 5.98. The molecule has 0 saturated carbocycles. The molecule has 0 aliphatic heterocycles. The average Bonchev–Trinajstić information content (AvgIpc) is 3.18. The number of ether oxygens (including phenoxy) is 1. The molecular formula is C25H24ClN3O2S. The Labute approximate surface area is 196 Å². The summed E-state index contributed by atoms with van der Waals surface area (Å²) in [5.41, 5.74) is 8.17. The molecule has 0 bridgehead atoms. The number of nitrogens with two attached hydrogens (primary N) is 1. The van der Waals surface area contributed by atoms with Gasteiger partial charge in [-0.1, -0.05) is 41.9 Å². The zero-order valence-electron chi connectivity index (χ0n) is 17.7. The zero-order chi connectivity index (χ0) is 22.5. The highest BCUT2D eigenvalue weighted by molar-refractivity contribution is 7.14. The Bertz CT molecular complexity index is 1240. The number of nitrogens with one attached hydrogen (secondary N) is 1. The Kier molecular flexibility index (Phi) is 7.05. The minimum Gasteiger partial charge on any atom is -0.497 e. The van der Waals surface area contributed by atoms with Crippen LogP contribution >= 0.6 is 22.9 Å². The summed E-state index contributed by atoms with van der Waals surface area (Å²) in [6.07, 6.45) is 2.80. The summed E-state index contributed by atoms with van der Waals surface area (Å²) < 4.78 is 5.18. The van der Waals surface area contributed by atoms with Gasteiger partial charge >= 0.3 is 0 Å². The van der Waals surface area contributed by atoms with Gasteiger partial charge in [-0.2, -0.15) is 0 Å². The number of hydrogen-bond acceptors (Lipinski definition) is 6. The molecule has 4 rings (SSSR count). The van der Waals surface area contributed by atoms with Gasteiger partial charge in [0.05, 0.1) is 17.0 Å². The SMILES string of the molecule is COc1ccc(CNCc2sc(C(=O)CCc3ccc4c(N)nccc4c3)cc2Cl)cc1. The first kappa shape index (κ1) is 22.3. The number of aryl methyl sites for hydroxylation is 1. The van der Waals surface area contributed by atoms with Gasteiger partial charge in [0.2, 0.25) is 0 Å². The average molecular weight is 466 g/mol. The highest BCUT2D eigenvalue weighted by atomic mass is 35.5. The molecule has 0 aliphatic rings. The number of fused-ring (bicyclic) bond motifs is 1. The second kappa shape index (κ2) is 10.1. The lowest BCUT2D eigenvalue weighted by Gasteiger charge is -2.05. The number of carbonyl (C=O) groups is 1. The number of Topliss-reactive ketones (excluding diaryl/α,β-unsaturated/α-hetero) is 1. The number of rotatable bonds is 9. The summed E-state index contributed by atoms with van der Waals surface area (Å²) in [6.45, 7) is 1.33. The lowest BCUT2D eigenvalue weighted by molar-refractivity contribution is 0.0986. The van der Waals surface area contributed by atoms with Crippen molar-refractivity contribution in [3.8, 4) is 5.75 Å². The van der Waals surface area contributed by atoms with Gasteiger partial charge in [-0.05, 0) is 47.2 Å². The molecule has 0 fully saturated rings. The maximum atomic E-state index is 12.7. The summed E-state index contributed by atoms with van der Waals surface area (Å²) in [4.78, 5) is 18.5. The molecule has 3 N–H and O–H groups in total. The minimum absolute atomic E-state index is 0.104. The Balaban J connectivity index is 1.33. The quantitative estimate of drug-likeness (QED) is 0.312. The molecule has 0 spiro atoms. The lowest BCUT2D eigenvalue weighted by atomic mass is 10.0. The first-order chi connectivity index (χ1) is 15.5. The van der Waals surface area contributed by atoms with Crippen LogP contribution in [0.1, 0.15) is 32.1 Å². The van der Waals surface area contributed by atoms with Gasteiger partial charge in [-0.15, -0.1) is 11.3 Å². The van der Waals surface area contributed by atoms with E-state index in [1.807, 2.05) is 42.5 Å². The lowest BCUT2D eigenvalue weighted by Crippen LogP contribution is -2.11. The number of benzene rings is 2. The van der Waals surface area contributed by atoms with Crippen LogP contribution in [0.5, 0.6) is 5.75 Å². The molecule has 164 valence electrons. The van der Waals surface area contributed by atoms with Gasteiger partial charge in [0.15, 0.2) is 5.78 Å². The van der Waals surface area contributed by atoms with Gasteiger partial charge < -0.3 is 15.8 Å². The molecule has 4 aromatic rings. The molecule has 5 nitrogen and oxygen atoms in total. The molecule has 0 saturated heterocycles. The topological polar surface area (TPSA) is 77.2 Å². The van der Waals surface area contributed by atoms with Crippen LogP contribution in [0.25, 0.3) is 10.8 Å². The third-order valence-corrected chi connectivity index (χ3v) is 6.93. The molecular weight excluding hydrogens is 442 g/mol. The normalized spacial score (nSPS) is 11.1. The van der Waals surface area contributed by atoms with E-state index in [1.54, 1.807) is 19.4 Å². The number of anilines is 1. The fourth-order valence-electron chi connectivity index (χ4n) is 3.52. The van der Waals surface area contributed by atoms with E-state index in [0.29, 0.717) is 41.6 Å². The van der Waals surface area contributed by atoms with Gasteiger partial charge in [0.1, 0.15) is 11.6 Å². The standard InChI is InChI=1S/C25H24ClN3O2S/c1-31-19-6-2-17(3-7-19)14-28-15-24-21(26)13-23(32-24)22(30)9-5-16-4-8-20-18(12-16)10-11-29-25(20)27/h2-4,6-8,10-13,28H,5,9,14-15H2,1H3,(H2,27,29). The molecule has 0 atom stereocenters. The Morgan fingerprint density at radius 3 is 2.66 bits per heavy atom. The number of halogens is 1. The van der Waals surface area contributed by atoms with E-state index < -0.39 is 0 Å². The van der Waals surface area contributed by atoms with Crippen LogP contribution in [0, 0.1) is 0 Å². The number of nitrogens with zero attached hydrogens (tertiary/aromatic N) is 1. The molecule has 7 heteroatoms. The van der Waals surface area contributed by atoms with Crippen LogP contribution in [0.3, 0.4) is 0 Å². The maximum absolute atomic E-state index is 12.7. The van der Waals surface area contributed by atoms with Gasteiger partial charge in [0, 0.05) is 36.0 Å². The monoisotopic (exact) mass is 465 g/mol. The van der Waals surface area contributed by atoms with Gasteiger partial charge in [-0.3, -0.25) is 4.79 Å². The third kappa shape index (κ3) is 5.27. The van der Waals surface area contributed by atoms with Crippen molar-refractivity contribution in [2.24, 2.45) is 0 Å². The number of nitrogen functional groups attached to an aromatic ring is 1. The Morgan fingerprint density at radius 2 is 1.88 bits per heavy atom. The van der Waals surface area contributed by atoms with E-state index in [0.717, 1.165) is 32.5 Å². The number of ketones is 1. The number of carbonyl (C=O) groups excluding carboxylic acids is 1. The molecule has 32 heavy (non-hydrogen) atoms. The van der Waals surface area contributed by atoms with E-state index in [4.69, 9.17) is 22.1 Å². The summed E-state index contributed by atoms with van der Waals surface area (Å²) in [7, 11) is 1.65. The molecule has 0 amide bonds. The van der Waals surface area contributed by atoms with Crippen molar-refractivity contribution in [3.63, 3.8) is 0 Å². The molecule has 0 aliphatic carbocycles. The Hall–Kier alpha value is -2.93. The summed E-state index contributed by atoms with van der Waals surface area (Å²) in [6, 6.07) is 17.7. The Morgan fingerprint density at radius 1 is 1.09 bits per heavy atom. The van der Waals surface area contributed by atoms with Gasteiger partial charge in [0.25, 0.3) is 0 Å². The van der Waals surface area contributed by atoms with Crippen LogP contribution in [-0.2, 0) is 19.5 Å². The molecule has 2 aromatic heterocycles. The van der Waals surface area contributed by atoms with Crippen molar-refractivity contribution < 1.29 is 9.53 Å². The van der Waals surface area contributed by atoms with Crippen molar-refractivity contribution in [2.75, 3.05) is 12.8 Å². The predicted molar refractivity (Wildman–Crippen MR) is 132 cm³/mol.